The van der Waals surface area contributed by atoms with Crippen LogP contribution in [0.4, 0.5) is 0 Å². The minimum atomic E-state index is -0.995. The molecule has 3 unspecified atom stereocenters. The molecule has 2 saturated heterocycles. The van der Waals surface area contributed by atoms with Crippen molar-refractivity contribution in [3.05, 3.63) is 12.2 Å². The van der Waals surface area contributed by atoms with Gasteiger partial charge in [-0.1, -0.05) is 58.6 Å². The van der Waals surface area contributed by atoms with Gasteiger partial charge in [0, 0.05) is 31.5 Å². The Hall–Kier alpha value is -1.32. The van der Waals surface area contributed by atoms with Crippen LogP contribution in [-0.2, 0) is 28.5 Å². The number of hydrogen-bond donors (Lipinski definition) is 2. The first-order valence-electron chi connectivity index (χ1n) is 15.8. The summed E-state index contributed by atoms with van der Waals surface area (Å²) < 4.78 is 24.8. The molecule has 7 atom stereocenters. The summed E-state index contributed by atoms with van der Waals surface area (Å²) in [5.41, 5.74) is -0.0887. The van der Waals surface area contributed by atoms with Crippen molar-refractivity contribution in [2.24, 2.45) is 17.3 Å². The fourth-order valence-corrected chi connectivity index (χ4v) is 6.25. The molecule has 2 aliphatic heterocycles. The zero-order chi connectivity index (χ0) is 29.0. The first-order chi connectivity index (χ1) is 19.2. The van der Waals surface area contributed by atoms with Gasteiger partial charge in [-0.25, -0.2) is 0 Å². The first kappa shape index (κ1) is 33.2. The molecule has 0 aromatic heterocycles. The maximum atomic E-state index is 13.3. The van der Waals surface area contributed by atoms with Gasteiger partial charge >= 0.3 is 5.97 Å². The standard InChI is InChI=1S/C32H54O8/c1-4-5-18-32(2,3)28(40-31-15-9-11-20-38-31)17-16-25-24(13-7-6-12-23(33)21-29(35)36)26(34)22-27(25)39-30-14-8-10-19-37-30/h16-17,23-25,27-28,30-31,33H,4-15,18-22H2,1-3H3,(H,35,36)/t23?,24-,25-,27-,28-,30?,31?/m1/s1. The van der Waals surface area contributed by atoms with Crippen LogP contribution < -0.4 is 0 Å². The van der Waals surface area contributed by atoms with Gasteiger partial charge in [0.2, 0.25) is 0 Å². The Labute approximate surface area is 241 Å². The smallest absolute Gasteiger partial charge is 0.305 e. The van der Waals surface area contributed by atoms with Crippen molar-refractivity contribution in [1.82, 2.24) is 0 Å². The van der Waals surface area contributed by atoms with Crippen molar-refractivity contribution in [1.29, 1.82) is 0 Å². The number of carbonyl (C=O) groups excluding carboxylic acids is 1. The van der Waals surface area contributed by atoms with E-state index in [4.69, 9.17) is 24.1 Å². The number of aliphatic hydroxyl groups excluding tert-OH is 1. The highest BCUT2D eigenvalue weighted by Gasteiger charge is 2.43. The van der Waals surface area contributed by atoms with Gasteiger partial charge in [-0.2, -0.15) is 0 Å². The van der Waals surface area contributed by atoms with E-state index in [1.165, 1.54) is 0 Å². The van der Waals surface area contributed by atoms with Gasteiger partial charge in [0.05, 0.1) is 24.7 Å². The molecule has 0 aromatic rings. The molecule has 8 heteroatoms. The zero-order valence-corrected chi connectivity index (χ0v) is 25.1. The predicted octanol–water partition coefficient (Wildman–Crippen LogP) is 6.18. The van der Waals surface area contributed by atoms with Gasteiger partial charge in [-0.15, -0.1) is 0 Å². The van der Waals surface area contributed by atoms with Crippen LogP contribution >= 0.6 is 0 Å². The first-order valence-corrected chi connectivity index (χ1v) is 15.8. The lowest BCUT2D eigenvalue weighted by molar-refractivity contribution is -0.198. The number of rotatable bonds is 17. The summed E-state index contributed by atoms with van der Waals surface area (Å²) in [7, 11) is 0. The number of Topliss-reactive ketones (excluding diaryl/α,β-unsaturated/α-hetero) is 1. The highest BCUT2D eigenvalue weighted by molar-refractivity contribution is 5.84. The number of carboxylic acid groups (broad SMARTS) is 1. The molecule has 2 heterocycles. The molecule has 1 saturated carbocycles. The van der Waals surface area contributed by atoms with Crippen molar-refractivity contribution >= 4 is 11.8 Å². The second kappa shape index (κ2) is 17.0. The lowest BCUT2D eigenvalue weighted by atomic mass is 9.80. The van der Waals surface area contributed by atoms with Crippen LogP contribution in [0, 0.1) is 17.3 Å². The summed E-state index contributed by atoms with van der Waals surface area (Å²) in [4.78, 5) is 24.1. The Morgan fingerprint density at radius 1 is 1.07 bits per heavy atom. The fraction of sp³-hybridized carbons (Fsp3) is 0.875. The third kappa shape index (κ3) is 10.8. The van der Waals surface area contributed by atoms with Crippen LogP contribution in [0.25, 0.3) is 0 Å². The Balaban J connectivity index is 1.73. The minimum absolute atomic E-state index is 0.0812. The molecule has 8 nitrogen and oxygen atoms in total. The van der Waals surface area contributed by atoms with Crippen LogP contribution in [-0.4, -0.2) is 66.1 Å². The SMILES string of the molecule is CCCCC(C)(C)[C@@H](C=C[C@H]1[C@H](OC2CCCCO2)CC(=O)[C@@H]1CCCCC(O)CC(=O)O)OC1CCCCO1. The highest BCUT2D eigenvalue weighted by atomic mass is 16.7. The second-order valence-electron chi connectivity index (χ2n) is 12.7. The zero-order valence-electron chi connectivity index (χ0n) is 25.1. The molecule has 0 amide bonds. The molecule has 0 radical (unpaired) electrons. The van der Waals surface area contributed by atoms with E-state index in [1.807, 2.05) is 0 Å². The van der Waals surface area contributed by atoms with E-state index in [1.54, 1.807) is 0 Å². The van der Waals surface area contributed by atoms with E-state index < -0.39 is 12.1 Å². The summed E-state index contributed by atoms with van der Waals surface area (Å²) in [6.45, 7) is 8.13. The van der Waals surface area contributed by atoms with Gasteiger partial charge in [0.25, 0.3) is 0 Å². The summed E-state index contributed by atoms with van der Waals surface area (Å²) in [5, 5.41) is 18.8. The molecule has 3 aliphatic rings. The molecular weight excluding hydrogens is 512 g/mol. The maximum Gasteiger partial charge on any atom is 0.305 e. The number of hydrogen-bond acceptors (Lipinski definition) is 7. The highest BCUT2D eigenvalue weighted by Crippen LogP contribution is 2.39. The van der Waals surface area contributed by atoms with E-state index in [2.05, 4.69) is 32.9 Å². The van der Waals surface area contributed by atoms with E-state index >= 15 is 0 Å². The maximum absolute atomic E-state index is 13.3. The summed E-state index contributed by atoms with van der Waals surface area (Å²) in [6, 6.07) is 0. The molecule has 0 aromatic carbocycles. The van der Waals surface area contributed by atoms with E-state index in [0.717, 1.165) is 70.8 Å². The lowest BCUT2D eigenvalue weighted by Crippen LogP contribution is -2.37. The minimum Gasteiger partial charge on any atom is -0.481 e. The van der Waals surface area contributed by atoms with Gasteiger partial charge in [0.15, 0.2) is 12.6 Å². The van der Waals surface area contributed by atoms with Crippen LogP contribution in [0.3, 0.4) is 0 Å². The van der Waals surface area contributed by atoms with E-state index in [-0.39, 0.29) is 54.2 Å². The molecular formula is C32H54O8. The Bertz CT molecular complexity index is 784. The van der Waals surface area contributed by atoms with Crippen molar-refractivity contribution in [2.75, 3.05) is 13.2 Å². The van der Waals surface area contributed by atoms with Crippen molar-refractivity contribution in [2.45, 2.75) is 148 Å². The molecule has 0 spiro atoms. The summed E-state index contributed by atoms with van der Waals surface area (Å²) >= 11 is 0. The molecule has 3 fully saturated rings. The second-order valence-corrected chi connectivity index (χ2v) is 12.7. The van der Waals surface area contributed by atoms with Crippen molar-refractivity contribution in [3.8, 4) is 0 Å². The quantitative estimate of drug-likeness (QED) is 0.158. The normalized spacial score (nSPS) is 29.6. The predicted molar refractivity (Wildman–Crippen MR) is 153 cm³/mol. The Morgan fingerprint density at radius 3 is 2.40 bits per heavy atom. The van der Waals surface area contributed by atoms with Gasteiger partial charge in [-0.05, 0) is 63.2 Å². The molecule has 2 N–H and O–H groups in total. The molecule has 3 rings (SSSR count). The summed E-state index contributed by atoms with van der Waals surface area (Å²) in [6.07, 6.45) is 14.6. The van der Waals surface area contributed by atoms with E-state index in [0.29, 0.717) is 32.3 Å². The number of ether oxygens (including phenoxy) is 4. The van der Waals surface area contributed by atoms with Gasteiger partial charge in [-0.3, -0.25) is 9.59 Å². The fourth-order valence-electron chi connectivity index (χ4n) is 6.25. The number of aliphatic carboxylic acids is 1. The van der Waals surface area contributed by atoms with Gasteiger partial charge < -0.3 is 29.2 Å². The van der Waals surface area contributed by atoms with Crippen LogP contribution in [0.2, 0.25) is 0 Å². The lowest BCUT2D eigenvalue weighted by Gasteiger charge is -2.36. The molecule has 1 aliphatic carbocycles. The third-order valence-electron chi connectivity index (χ3n) is 8.78. The number of carbonyl (C=O) groups is 2. The largest absolute Gasteiger partial charge is 0.481 e. The van der Waals surface area contributed by atoms with E-state index in [9.17, 15) is 14.7 Å². The van der Waals surface area contributed by atoms with Crippen molar-refractivity contribution in [3.63, 3.8) is 0 Å². The Morgan fingerprint density at radius 2 is 1.77 bits per heavy atom. The number of unbranched alkanes of at least 4 members (excludes halogenated alkanes) is 2. The molecule has 230 valence electrons. The van der Waals surface area contributed by atoms with Crippen LogP contribution in [0.1, 0.15) is 117 Å². The molecule has 0 bridgehead atoms. The Kier molecular flexibility index (Phi) is 14.1. The van der Waals surface area contributed by atoms with Crippen LogP contribution in [0.15, 0.2) is 12.2 Å². The average molecular weight is 567 g/mol. The number of ketones is 1. The van der Waals surface area contributed by atoms with Crippen molar-refractivity contribution < 1.29 is 38.7 Å². The third-order valence-corrected chi connectivity index (χ3v) is 8.78. The molecule has 40 heavy (non-hydrogen) atoms. The topological polar surface area (TPSA) is 112 Å². The van der Waals surface area contributed by atoms with Gasteiger partial charge in [0.1, 0.15) is 5.78 Å². The average Bonchev–Trinajstić information content (AvgIpc) is 3.21. The van der Waals surface area contributed by atoms with Crippen LogP contribution in [0.5, 0.6) is 0 Å². The number of aliphatic hydroxyl groups is 1. The summed E-state index contributed by atoms with van der Waals surface area (Å²) in [5.74, 6) is -1.04. The monoisotopic (exact) mass is 566 g/mol. The number of carboxylic acids is 1.